The summed E-state index contributed by atoms with van der Waals surface area (Å²) in [4.78, 5) is 16.1. The maximum absolute atomic E-state index is 11.8. The van der Waals surface area contributed by atoms with Crippen molar-refractivity contribution in [2.24, 2.45) is 17.8 Å². The lowest BCUT2D eigenvalue weighted by atomic mass is 10.1. The van der Waals surface area contributed by atoms with Crippen molar-refractivity contribution in [1.82, 2.24) is 10.1 Å². The van der Waals surface area contributed by atoms with E-state index in [1.807, 2.05) is 4.90 Å². The van der Waals surface area contributed by atoms with Gasteiger partial charge in [0, 0.05) is 30.2 Å². The normalized spacial score (nSPS) is 24.6. The number of nitrogens with zero attached hydrogens (tertiary/aromatic N) is 3. The number of carboxylic acids is 1. The molecule has 4 rings (SSSR count). The zero-order valence-electron chi connectivity index (χ0n) is 14.1. The highest BCUT2D eigenvalue weighted by atomic mass is 35.5. The molecular weight excluding hydrogens is 342 g/mol. The fraction of sp³-hybridized carbons (Fsp3) is 0.444. The van der Waals surface area contributed by atoms with Gasteiger partial charge in [0.15, 0.2) is 17.1 Å². The van der Waals surface area contributed by atoms with Gasteiger partial charge in [-0.1, -0.05) is 16.8 Å². The molecule has 0 bridgehead atoms. The van der Waals surface area contributed by atoms with Crippen LogP contribution in [0.3, 0.4) is 0 Å². The molecule has 2 fully saturated rings. The molecular formula is C18H20ClN3O3. The van der Waals surface area contributed by atoms with Gasteiger partial charge in [-0.3, -0.25) is 0 Å². The third-order valence-electron chi connectivity index (χ3n) is 5.24. The SMILES string of the molecule is CN(C)CC1[C@H]2CN(c3noc(-c4ccc(Cl)cc4)c3C(=O)O)C[C@@H]12. The minimum Gasteiger partial charge on any atom is -0.477 e. The highest BCUT2D eigenvalue weighted by molar-refractivity contribution is 6.30. The average molecular weight is 362 g/mol. The second-order valence-corrected chi connectivity index (χ2v) is 7.62. The van der Waals surface area contributed by atoms with Gasteiger partial charge in [0.05, 0.1) is 0 Å². The van der Waals surface area contributed by atoms with Gasteiger partial charge in [-0.15, -0.1) is 0 Å². The predicted octanol–water partition coefficient (Wildman–Crippen LogP) is 2.94. The van der Waals surface area contributed by atoms with Gasteiger partial charge in [-0.2, -0.15) is 0 Å². The van der Waals surface area contributed by atoms with Crippen LogP contribution < -0.4 is 4.90 Å². The van der Waals surface area contributed by atoms with Crippen molar-refractivity contribution >= 4 is 23.4 Å². The van der Waals surface area contributed by atoms with E-state index < -0.39 is 5.97 Å². The van der Waals surface area contributed by atoms with Crippen LogP contribution in [0.5, 0.6) is 0 Å². The second kappa shape index (κ2) is 6.04. The first-order chi connectivity index (χ1) is 12.0. The maximum Gasteiger partial charge on any atom is 0.343 e. The van der Waals surface area contributed by atoms with Crippen LogP contribution in [0, 0.1) is 17.8 Å². The molecule has 1 saturated carbocycles. The van der Waals surface area contributed by atoms with E-state index in [0.29, 0.717) is 34.2 Å². The summed E-state index contributed by atoms with van der Waals surface area (Å²) < 4.78 is 5.41. The number of carboxylic acid groups (broad SMARTS) is 1. The van der Waals surface area contributed by atoms with Gasteiger partial charge >= 0.3 is 5.97 Å². The van der Waals surface area contributed by atoms with Crippen LogP contribution in [0.1, 0.15) is 10.4 Å². The van der Waals surface area contributed by atoms with E-state index in [2.05, 4.69) is 24.2 Å². The van der Waals surface area contributed by atoms with Gasteiger partial charge in [-0.05, 0) is 56.1 Å². The van der Waals surface area contributed by atoms with Crippen LogP contribution in [-0.2, 0) is 0 Å². The lowest BCUT2D eigenvalue weighted by Gasteiger charge is -2.20. The molecule has 0 radical (unpaired) electrons. The Morgan fingerprint density at radius 1 is 1.32 bits per heavy atom. The largest absolute Gasteiger partial charge is 0.477 e. The molecule has 0 amide bonds. The van der Waals surface area contributed by atoms with Crippen LogP contribution in [-0.4, -0.2) is 54.9 Å². The van der Waals surface area contributed by atoms with E-state index in [1.165, 1.54) is 0 Å². The standard InChI is InChI=1S/C18H20ClN3O3/c1-21(2)7-12-13-8-22(9-14(12)13)17-15(18(23)24)16(25-20-17)10-3-5-11(19)6-4-10/h3-6,12-14H,7-9H2,1-2H3,(H,23,24)/t12?,13-,14+. The number of benzene rings is 1. The summed E-state index contributed by atoms with van der Waals surface area (Å²) in [5, 5.41) is 14.4. The molecule has 2 heterocycles. The molecule has 6 nitrogen and oxygen atoms in total. The summed E-state index contributed by atoms with van der Waals surface area (Å²) in [5.74, 6) is 1.66. The van der Waals surface area contributed by atoms with E-state index in [1.54, 1.807) is 24.3 Å². The zero-order chi connectivity index (χ0) is 17.7. The predicted molar refractivity (Wildman–Crippen MR) is 95.1 cm³/mol. The number of piperidine rings is 1. The summed E-state index contributed by atoms with van der Waals surface area (Å²) in [6.45, 7) is 2.77. The van der Waals surface area contributed by atoms with Crippen LogP contribution in [0.4, 0.5) is 5.82 Å². The third kappa shape index (κ3) is 2.89. The van der Waals surface area contributed by atoms with E-state index in [-0.39, 0.29) is 11.3 Å². The Hall–Kier alpha value is -2.05. The van der Waals surface area contributed by atoms with Crippen molar-refractivity contribution < 1.29 is 14.4 Å². The molecule has 2 aliphatic rings. The van der Waals surface area contributed by atoms with E-state index in [4.69, 9.17) is 16.1 Å². The van der Waals surface area contributed by atoms with Gasteiger partial charge < -0.3 is 19.4 Å². The molecule has 0 spiro atoms. The van der Waals surface area contributed by atoms with E-state index in [0.717, 1.165) is 19.6 Å². The highest BCUT2D eigenvalue weighted by Crippen LogP contribution is 2.53. The van der Waals surface area contributed by atoms with Crippen molar-refractivity contribution in [2.75, 3.05) is 38.6 Å². The van der Waals surface area contributed by atoms with Crippen molar-refractivity contribution in [3.63, 3.8) is 0 Å². The summed E-state index contributed by atoms with van der Waals surface area (Å²) >= 11 is 5.91. The Bertz CT molecular complexity index is 790. The molecule has 1 saturated heterocycles. The zero-order valence-corrected chi connectivity index (χ0v) is 14.9. The topological polar surface area (TPSA) is 69.8 Å². The Balaban J connectivity index is 1.58. The number of hydrogen-bond acceptors (Lipinski definition) is 5. The average Bonchev–Trinajstić information content (AvgIpc) is 2.97. The maximum atomic E-state index is 11.8. The smallest absolute Gasteiger partial charge is 0.343 e. The second-order valence-electron chi connectivity index (χ2n) is 7.18. The molecule has 2 aromatic rings. The number of halogens is 1. The molecule has 25 heavy (non-hydrogen) atoms. The number of fused-ring (bicyclic) bond motifs is 1. The third-order valence-corrected chi connectivity index (χ3v) is 5.49. The van der Waals surface area contributed by atoms with Gasteiger partial charge in [0.25, 0.3) is 0 Å². The van der Waals surface area contributed by atoms with Crippen molar-refractivity contribution in [3.05, 3.63) is 34.9 Å². The van der Waals surface area contributed by atoms with Crippen molar-refractivity contribution in [3.8, 4) is 11.3 Å². The molecule has 1 unspecified atom stereocenters. The van der Waals surface area contributed by atoms with Gasteiger partial charge in [-0.25, -0.2) is 4.79 Å². The highest BCUT2D eigenvalue weighted by Gasteiger charge is 2.56. The number of aromatic nitrogens is 1. The van der Waals surface area contributed by atoms with Crippen LogP contribution >= 0.6 is 11.6 Å². The van der Waals surface area contributed by atoms with E-state index in [9.17, 15) is 9.90 Å². The van der Waals surface area contributed by atoms with Gasteiger partial charge in [0.2, 0.25) is 0 Å². The Morgan fingerprint density at radius 2 is 1.96 bits per heavy atom. The summed E-state index contributed by atoms with van der Waals surface area (Å²) in [6.07, 6.45) is 0. The number of aromatic carboxylic acids is 1. The van der Waals surface area contributed by atoms with Crippen molar-refractivity contribution in [2.45, 2.75) is 0 Å². The first-order valence-electron chi connectivity index (χ1n) is 8.34. The van der Waals surface area contributed by atoms with E-state index >= 15 is 0 Å². The Labute approximate surface area is 151 Å². The first kappa shape index (κ1) is 16.4. The number of carbonyl (C=O) groups is 1. The quantitative estimate of drug-likeness (QED) is 0.883. The molecule has 3 atom stereocenters. The summed E-state index contributed by atoms with van der Waals surface area (Å²) in [7, 11) is 4.18. The van der Waals surface area contributed by atoms with Crippen LogP contribution in [0.25, 0.3) is 11.3 Å². The molecule has 132 valence electrons. The lowest BCUT2D eigenvalue weighted by molar-refractivity contribution is 0.0698. The van der Waals surface area contributed by atoms with Crippen LogP contribution in [0.2, 0.25) is 5.02 Å². The molecule has 1 aromatic heterocycles. The minimum absolute atomic E-state index is 0.132. The monoisotopic (exact) mass is 361 g/mol. The Kier molecular flexibility index (Phi) is 3.96. The number of hydrogen-bond donors (Lipinski definition) is 1. The van der Waals surface area contributed by atoms with Crippen molar-refractivity contribution in [1.29, 1.82) is 0 Å². The molecule has 1 aliphatic heterocycles. The minimum atomic E-state index is -1.02. The number of rotatable bonds is 5. The first-order valence-corrected chi connectivity index (χ1v) is 8.72. The summed E-state index contributed by atoms with van der Waals surface area (Å²) in [5.41, 5.74) is 0.795. The van der Waals surface area contributed by atoms with Crippen LogP contribution in [0.15, 0.2) is 28.8 Å². The molecule has 1 aliphatic carbocycles. The number of anilines is 1. The summed E-state index contributed by atoms with van der Waals surface area (Å²) in [6, 6.07) is 6.91. The van der Waals surface area contributed by atoms with Gasteiger partial charge in [0.1, 0.15) is 0 Å². The molecule has 1 N–H and O–H groups in total. The fourth-order valence-electron chi connectivity index (χ4n) is 4.00. The molecule has 7 heteroatoms. The Morgan fingerprint density at radius 3 is 2.52 bits per heavy atom. The molecule has 1 aromatic carbocycles. The lowest BCUT2D eigenvalue weighted by Crippen LogP contribution is -2.28. The fourth-order valence-corrected chi connectivity index (χ4v) is 4.13.